The molecule has 2 aliphatic rings. The number of ether oxygens (including phenoxy) is 1. The summed E-state index contributed by atoms with van der Waals surface area (Å²) in [6.07, 6.45) is 5.43. The molecule has 0 bridgehead atoms. The molecular formula is C19H24N4O. The molecule has 1 fully saturated rings. The Balaban J connectivity index is 1.43. The van der Waals surface area contributed by atoms with Crippen LogP contribution in [0.2, 0.25) is 0 Å². The molecule has 0 amide bonds. The van der Waals surface area contributed by atoms with E-state index in [1.54, 1.807) is 7.11 Å². The molecule has 1 aromatic heterocycles. The molecule has 0 spiro atoms. The van der Waals surface area contributed by atoms with Gasteiger partial charge in [0.05, 0.1) is 13.2 Å². The van der Waals surface area contributed by atoms with Gasteiger partial charge in [-0.1, -0.05) is 12.1 Å². The summed E-state index contributed by atoms with van der Waals surface area (Å²) in [4.78, 5) is 11.9. The quantitative estimate of drug-likeness (QED) is 0.936. The molecule has 126 valence electrons. The lowest BCUT2D eigenvalue weighted by Gasteiger charge is -2.28. The predicted molar refractivity (Wildman–Crippen MR) is 92.8 cm³/mol. The van der Waals surface area contributed by atoms with Gasteiger partial charge in [-0.15, -0.1) is 0 Å². The van der Waals surface area contributed by atoms with Crippen LogP contribution in [0.5, 0.6) is 5.75 Å². The van der Waals surface area contributed by atoms with E-state index < -0.39 is 0 Å². The van der Waals surface area contributed by atoms with E-state index in [1.165, 1.54) is 23.2 Å². The summed E-state index contributed by atoms with van der Waals surface area (Å²) < 4.78 is 5.22. The van der Waals surface area contributed by atoms with E-state index in [-0.39, 0.29) is 0 Å². The number of nitrogens with zero attached hydrogens (tertiary/aromatic N) is 3. The van der Waals surface area contributed by atoms with Crippen LogP contribution < -0.4 is 10.1 Å². The monoisotopic (exact) mass is 324 g/mol. The topological polar surface area (TPSA) is 50.3 Å². The molecule has 1 aromatic carbocycles. The first-order chi connectivity index (χ1) is 11.8. The number of nitrogens with one attached hydrogen (secondary N) is 1. The summed E-state index contributed by atoms with van der Waals surface area (Å²) >= 11 is 0. The normalized spacial score (nSPS) is 20.8. The van der Waals surface area contributed by atoms with Gasteiger partial charge < -0.3 is 10.1 Å². The largest absolute Gasteiger partial charge is 0.497 e. The molecule has 1 unspecified atom stereocenters. The summed E-state index contributed by atoms with van der Waals surface area (Å²) in [6.45, 7) is 4.02. The zero-order valence-corrected chi connectivity index (χ0v) is 14.2. The van der Waals surface area contributed by atoms with Crippen LogP contribution in [0.4, 0.5) is 0 Å². The summed E-state index contributed by atoms with van der Waals surface area (Å²) in [5.74, 6) is 1.89. The van der Waals surface area contributed by atoms with E-state index >= 15 is 0 Å². The van der Waals surface area contributed by atoms with Gasteiger partial charge >= 0.3 is 0 Å². The highest BCUT2D eigenvalue weighted by Crippen LogP contribution is 2.24. The van der Waals surface area contributed by atoms with Crippen molar-refractivity contribution in [2.45, 2.75) is 38.4 Å². The Bertz CT molecular complexity index is 695. The second kappa shape index (κ2) is 6.87. The molecule has 0 aliphatic carbocycles. The van der Waals surface area contributed by atoms with Gasteiger partial charge in [0.1, 0.15) is 11.6 Å². The van der Waals surface area contributed by atoms with Gasteiger partial charge in [0.2, 0.25) is 0 Å². The molecule has 4 rings (SSSR count). The van der Waals surface area contributed by atoms with Gasteiger partial charge in [-0.3, -0.25) is 4.90 Å². The van der Waals surface area contributed by atoms with Crippen LogP contribution >= 0.6 is 0 Å². The fourth-order valence-electron chi connectivity index (χ4n) is 3.59. The molecule has 1 N–H and O–H groups in total. The van der Waals surface area contributed by atoms with E-state index in [0.29, 0.717) is 6.04 Å². The summed E-state index contributed by atoms with van der Waals surface area (Å²) in [6, 6.07) is 8.68. The van der Waals surface area contributed by atoms with Crippen molar-refractivity contribution < 1.29 is 4.74 Å². The number of hydrogen-bond acceptors (Lipinski definition) is 5. The van der Waals surface area contributed by atoms with Crippen LogP contribution in [0.3, 0.4) is 0 Å². The minimum atomic E-state index is 0.354. The highest BCUT2D eigenvalue weighted by molar-refractivity contribution is 5.28. The molecule has 5 nitrogen and oxygen atoms in total. The average Bonchev–Trinajstić information content (AvgIpc) is 3.17. The van der Waals surface area contributed by atoms with Crippen molar-refractivity contribution in [1.82, 2.24) is 20.2 Å². The Morgan fingerprint density at radius 3 is 2.92 bits per heavy atom. The third kappa shape index (κ3) is 3.28. The van der Waals surface area contributed by atoms with Crippen molar-refractivity contribution in [3.63, 3.8) is 0 Å². The maximum absolute atomic E-state index is 5.22. The Labute approximate surface area is 143 Å². The van der Waals surface area contributed by atoms with Crippen molar-refractivity contribution >= 4 is 0 Å². The minimum absolute atomic E-state index is 0.354. The van der Waals surface area contributed by atoms with Gasteiger partial charge in [-0.05, 0) is 37.1 Å². The van der Waals surface area contributed by atoms with Crippen molar-refractivity contribution in [2.24, 2.45) is 0 Å². The number of methoxy groups -OCH3 is 1. The van der Waals surface area contributed by atoms with Gasteiger partial charge in [0.15, 0.2) is 0 Å². The molecule has 0 saturated carbocycles. The molecule has 3 heterocycles. The van der Waals surface area contributed by atoms with Crippen LogP contribution in [0.1, 0.15) is 41.5 Å². The first kappa shape index (κ1) is 15.5. The molecule has 5 heteroatoms. The van der Waals surface area contributed by atoms with E-state index in [4.69, 9.17) is 9.72 Å². The fourth-order valence-corrected chi connectivity index (χ4v) is 3.59. The number of rotatable bonds is 4. The van der Waals surface area contributed by atoms with Gasteiger partial charge in [0, 0.05) is 43.5 Å². The standard InChI is InChI=1S/C19H24N4O/c1-24-16-6-4-14(5-7-16)12-23-10-8-17-15(13-23)11-21-19(22-17)18-3-2-9-20-18/h4-7,11,18,20H,2-3,8-10,12-13H2,1H3. The summed E-state index contributed by atoms with van der Waals surface area (Å²) in [5.41, 5.74) is 3.82. The highest BCUT2D eigenvalue weighted by Gasteiger charge is 2.23. The number of fused-ring (bicyclic) bond motifs is 1. The maximum atomic E-state index is 5.22. The fraction of sp³-hybridized carbons (Fsp3) is 0.474. The van der Waals surface area contributed by atoms with Gasteiger partial charge in [-0.25, -0.2) is 9.97 Å². The van der Waals surface area contributed by atoms with Gasteiger partial charge in [-0.2, -0.15) is 0 Å². The van der Waals surface area contributed by atoms with Crippen molar-refractivity contribution in [1.29, 1.82) is 0 Å². The lowest BCUT2D eigenvalue weighted by Crippen LogP contribution is -2.31. The lowest BCUT2D eigenvalue weighted by atomic mass is 10.1. The molecule has 0 radical (unpaired) electrons. The smallest absolute Gasteiger partial charge is 0.145 e. The Hall–Kier alpha value is -1.98. The van der Waals surface area contributed by atoms with Crippen molar-refractivity contribution in [2.75, 3.05) is 20.2 Å². The first-order valence-electron chi connectivity index (χ1n) is 8.75. The SMILES string of the molecule is COc1ccc(CN2CCc3nc(C4CCCN4)ncc3C2)cc1. The summed E-state index contributed by atoms with van der Waals surface area (Å²) in [5, 5.41) is 3.48. The second-order valence-electron chi connectivity index (χ2n) is 6.66. The number of aromatic nitrogens is 2. The van der Waals surface area contributed by atoms with Crippen LogP contribution in [-0.4, -0.2) is 35.1 Å². The molecule has 1 atom stereocenters. The van der Waals surface area contributed by atoms with Crippen LogP contribution in [0, 0.1) is 0 Å². The van der Waals surface area contributed by atoms with Gasteiger partial charge in [0.25, 0.3) is 0 Å². The Morgan fingerprint density at radius 2 is 2.17 bits per heavy atom. The van der Waals surface area contributed by atoms with Crippen molar-refractivity contribution in [3.8, 4) is 5.75 Å². The third-order valence-corrected chi connectivity index (χ3v) is 4.97. The van der Waals surface area contributed by atoms with Crippen LogP contribution in [-0.2, 0) is 19.5 Å². The van der Waals surface area contributed by atoms with Crippen LogP contribution in [0.25, 0.3) is 0 Å². The highest BCUT2D eigenvalue weighted by atomic mass is 16.5. The van der Waals surface area contributed by atoms with E-state index in [2.05, 4.69) is 27.3 Å². The van der Waals surface area contributed by atoms with Crippen molar-refractivity contribution in [3.05, 3.63) is 53.1 Å². The number of benzene rings is 1. The Morgan fingerprint density at radius 1 is 1.29 bits per heavy atom. The van der Waals surface area contributed by atoms with E-state index in [0.717, 1.165) is 50.6 Å². The Kier molecular flexibility index (Phi) is 4.45. The average molecular weight is 324 g/mol. The van der Waals surface area contributed by atoms with Crippen LogP contribution in [0.15, 0.2) is 30.5 Å². The first-order valence-corrected chi connectivity index (χ1v) is 8.75. The second-order valence-corrected chi connectivity index (χ2v) is 6.66. The maximum Gasteiger partial charge on any atom is 0.145 e. The molecular weight excluding hydrogens is 300 g/mol. The lowest BCUT2D eigenvalue weighted by molar-refractivity contribution is 0.242. The minimum Gasteiger partial charge on any atom is -0.497 e. The van der Waals surface area contributed by atoms with E-state index in [1.807, 2.05) is 18.3 Å². The predicted octanol–water partition coefficient (Wildman–Crippen LogP) is 2.47. The molecule has 24 heavy (non-hydrogen) atoms. The number of hydrogen-bond donors (Lipinski definition) is 1. The molecule has 2 aliphatic heterocycles. The van der Waals surface area contributed by atoms with E-state index in [9.17, 15) is 0 Å². The zero-order valence-electron chi connectivity index (χ0n) is 14.2. The third-order valence-electron chi connectivity index (χ3n) is 4.97. The molecule has 2 aromatic rings. The summed E-state index contributed by atoms with van der Waals surface area (Å²) in [7, 11) is 1.70. The zero-order chi connectivity index (χ0) is 16.4. The molecule has 1 saturated heterocycles.